The van der Waals surface area contributed by atoms with E-state index in [1.807, 2.05) is 30.3 Å². The molecule has 1 aromatic carbocycles. The fraction of sp³-hybridized carbons (Fsp3) is 0.188. The maximum atomic E-state index is 12.3. The van der Waals surface area contributed by atoms with Gasteiger partial charge in [-0.1, -0.05) is 30.3 Å². The van der Waals surface area contributed by atoms with Crippen LogP contribution < -0.4 is 11.0 Å². The van der Waals surface area contributed by atoms with E-state index in [4.69, 9.17) is 0 Å². The summed E-state index contributed by atoms with van der Waals surface area (Å²) in [5.74, 6) is 0. The predicted octanol–water partition coefficient (Wildman–Crippen LogP) is 1.54. The third kappa shape index (κ3) is 2.50. The minimum Gasteiger partial charge on any atom is -0.337 e. The summed E-state index contributed by atoms with van der Waals surface area (Å²) in [6.45, 7) is 0.464. The molecule has 0 atom stereocenters. The number of imidazole rings is 1. The molecule has 0 aliphatic carbocycles. The van der Waals surface area contributed by atoms with Crippen molar-refractivity contribution in [3.05, 3.63) is 64.7 Å². The number of hydrogen-bond donors (Lipinski definition) is 1. The Morgan fingerprint density at radius 2 is 1.95 bits per heavy atom. The first-order valence-corrected chi connectivity index (χ1v) is 7.03. The zero-order valence-electron chi connectivity index (χ0n) is 12.2. The molecule has 6 heteroatoms. The zero-order chi connectivity index (χ0) is 15.5. The molecule has 0 spiro atoms. The number of amides is 1. The van der Waals surface area contributed by atoms with Crippen molar-refractivity contribution in [1.82, 2.24) is 19.4 Å². The second-order valence-electron chi connectivity index (χ2n) is 4.99. The van der Waals surface area contributed by atoms with Crippen molar-refractivity contribution in [3.8, 4) is 0 Å². The first kappa shape index (κ1) is 14.1. The van der Waals surface area contributed by atoms with E-state index in [0.29, 0.717) is 24.1 Å². The molecule has 22 heavy (non-hydrogen) atoms. The van der Waals surface area contributed by atoms with Gasteiger partial charge in [-0.15, -0.1) is 0 Å². The second kappa shape index (κ2) is 5.85. The molecule has 112 valence electrons. The van der Waals surface area contributed by atoms with Gasteiger partial charge in [0.05, 0.1) is 5.52 Å². The Morgan fingerprint density at radius 1 is 1.18 bits per heavy atom. The van der Waals surface area contributed by atoms with Crippen LogP contribution in [0.1, 0.15) is 5.56 Å². The normalized spacial score (nSPS) is 10.8. The van der Waals surface area contributed by atoms with E-state index < -0.39 is 11.7 Å². The highest BCUT2D eigenvalue weighted by Crippen LogP contribution is 2.07. The van der Waals surface area contributed by atoms with Gasteiger partial charge in [-0.05, 0) is 24.1 Å². The number of aromatic nitrogens is 3. The van der Waals surface area contributed by atoms with Crippen molar-refractivity contribution in [2.75, 3.05) is 6.54 Å². The quantitative estimate of drug-likeness (QED) is 0.797. The lowest BCUT2D eigenvalue weighted by atomic mass is 10.1. The predicted molar refractivity (Wildman–Crippen MR) is 83.9 cm³/mol. The average molecular weight is 296 g/mol. The Morgan fingerprint density at radius 3 is 2.73 bits per heavy atom. The fourth-order valence-corrected chi connectivity index (χ4v) is 2.40. The van der Waals surface area contributed by atoms with Crippen LogP contribution in [0.5, 0.6) is 0 Å². The summed E-state index contributed by atoms with van der Waals surface area (Å²) in [7, 11) is 1.60. The van der Waals surface area contributed by atoms with Gasteiger partial charge in [0.1, 0.15) is 0 Å². The molecule has 2 heterocycles. The van der Waals surface area contributed by atoms with Gasteiger partial charge in [0.15, 0.2) is 5.65 Å². The van der Waals surface area contributed by atoms with Crippen molar-refractivity contribution >= 4 is 17.2 Å². The highest BCUT2D eigenvalue weighted by atomic mass is 16.2. The second-order valence-corrected chi connectivity index (χ2v) is 4.99. The van der Waals surface area contributed by atoms with Gasteiger partial charge >= 0.3 is 11.7 Å². The molecule has 6 nitrogen and oxygen atoms in total. The number of carbonyl (C=O) groups excluding carboxylic acids is 1. The molecule has 3 aromatic rings. The molecule has 0 saturated heterocycles. The molecule has 0 aliphatic heterocycles. The van der Waals surface area contributed by atoms with Crippen LogP contribution in [0.3, 0.4) is 0 Å². The minimum absolute atomic E-state index is 0.397. The number of benzene rings is 1. The van der Waals surface area contributed by atoms with Crippen LogP contribution in [-0.4, -0.2) is 26.7 Å². The average Bonchev–Trinajstić information content (AvgIpc) is 2.80. The lowest BCUT2D eigenvalue weighted by Gasteiger charge is -2.05. The molecule has 1 N–H and O–H groups in total. The summed E-state index contributed by atoms with van der Waals surface area (Å²) in [6, 6.07) is 12.8. The number of fused-ring (bicyclic) bond motifs is 1. The van der Waals surface area contributed by atoms with Crippen molar-refractivity contribution in [3.63, 3.8) is 0 Å². The molecule has 2 aromatic heterocycles. The lowest BCUT2D eigenvalue weighted by molar-refractivity contribution is 0.242. The summed E-state index contributed by atoms with van der Waals surface area (Å²) in [4.78, 5) is 28.6. The standard InChI is InChI=1S/C16H16N4O2/c1-19-14-13(8-5-10-17-14)20(16(19)22)15(21)18-11-9-12-6-3-2-4-7-12/h2-8,10H,9,11H2,1H3,(H,18,21). The van der Waals surface area contributed by atoms with Crippen LogP contribution in [0.15, 0.2) is 53.5 Å². The summed E-state index contributed by atoms with van der Waals surface area (Å²) >= 11 is 0. The molecule has 0 fully saturated rings. The maximum Gasteiger partial charge on any atom is 0.338 e. The molecule has 0 bridgehead atoms. The first-order valence-electron chi connectivity index (χ1n) is 7.03. The molecular weight excluding hydrogens is 280 g/mol. The number of hydrogen-bond acceptors (Lipinski definition) is 3. The minimum atomic E-state index is -0.431. The van der Waals surface area contributed by atoms with Crippen LogP contribution in [0.2, 0.25) is 0 Å². The van der Waals surface area contributed by atoms with Crippen LogP contribution in [0.4, 0.5) is 4.79 Å². The number of carbonyl (C=O) groups is 1. The zero-order valence-corrected chi connectivity index (χ0v) is 12.2. The largest absolute Gasteiger partial charge is 0.338 e. The van der Waals surface area contributed by atoms with Crippen LogP contribution in [0, 0.1) is 0 Å². The lowest BCUT2D eigenvalue weighted by Crippen LogP contribution is -2.37. The van der Waals surface area contributed by atoms with Gasteiger partial charge < -0.3 is 5.32 Å². The SMILES string of the molecule is Cn1c(=O)n(C(=O)NCCc2ccccc2)c2cccnc21. The molecule has 0 aliphatic rings. The van der Waals surface area contributed by atoms with Crippen molar-refractivity contribution in [2.24, 2.45) is 7.05 Å². The van der Waals surface area contributed by atoms with E-state index in [0.717, 1.165) is 10.1 Å². The molecule has 3 rings (SSSR count). The Labute approximate surface area is 127 Å². The highest BCUT2D eigenvalue weighted by molar-refractivity contribution is 5.87. The van der Waals surface area contributed by atoms with Crippen molar-refractivity contribution < 1.29 is 4.79 Å². The topological polar surface area (TPSA) is 68.9 Å². The van der Waals surface area contributed by atoms with Crippen LogP contribution in [0.25, 0.3) is 11.2 Å². The summed E-state index contributed by atoms with van der Waals surface area (Å²) in [6.07, 6.45) is 2.31. The highest BCUT2D eigenvalue weighted by Gasteiger charge is 2.16. The van der Waals surface area contributed by atoms with Gasteiger partial charge in [0, 0.05) is 19.8 Å². The maximum absolute atomic E-state index is 12.3. The molecular formula is C16H16N4O2. The Balaban J connectivity index is 1.78. The number of nitrogens with zero attached hydrogens (tertiary/aromatic N) is 3. The number of nitrogens with one attached hydrogen (secondary N) is 1. The van der Waals surface area contributed by atoms with Crippen molar-refractivity contribution in [2.45, 2.75) is 6.42 Å². The van der Waals surface area contributed by atoms with Crippen LogP contribution >= 0.6 is 0 Å². The van der Waals surface area contributed by atoms with E-state index in [-0.39, 0.29) is 0 Å². The third-order valence-corrected chi connectivity index (χ3v) is 3.54. The summed E-state index contributed by atoms with van der Waals surface area (Å²) in [5, 5.41) is 2.78. The van der Waals surface area contributed by atoms with E-state index in [1.54, 1.807) is 25.4 Å². The Kier molecular flexibility index (Phi) is 3.74. The summed E-state index contributed by atoms with van der Waals surface area (Å²) < 4.78 is 2.49. The van der Waals surface area contributed by atoms with E-state index >= 15 is 0 Å². The van der Waals surface area contributed by atoms with E-state index in [2.05, 4.69) is 10.3 Å². The third-order valence-electron chi connectivity index (χ3n) is 3.54. The Bertz CT molecular complexity index is 865. The van der Waals surface area contributed by atoms with Gasteiger partial charge in [-0.3, -0.25) is 4.57 Å². The van der Waals surface area contributed by atoms with Crippen LogP contribution in [-0.2, 0) is 13.5 Å². The van der Waals surface area contributed by atoms with E-state index in [1.165, 1.54) is 4.57 Å². The number of aryl methyl sites for hydroxylation is 1. The Hall–Kier alpha value is -2.89. The first-order chi connectivity index (χ1) is 10.7. The summed E-state index contributed by atoms with van der Waals surface area (Å²) in [5.41, 5.74) is 1.73. The molecule has 0 unspecified atom stereocenters. The number of rotatable bonds is 3. The fourth-order valence-electron chi connectivity index (χ4n) is 2.40. The monoisotopic (exact) mass is 296 g/mol. The smallest absolute Gasteiger partial charge is 0.337 e. The van der Waals surface area contributed by atoms with Crippen molar-refractivity contribution in [1.29, 1.82) is 0 Å². The molecule has 1 amide bonds. The van der Waals surface area contributed by atoms with Gasteiger partial charge in [-0.2, -0.15) is 0 Å². The number of pyridine rings is 1. The van der Waals surface area contributed by atoms with Gasteiger partial charge in [0.2, 0.25) is 0 Å². The van der Waals surface area contributed by atoms with Gasteiger partial charge in [0.25, 0.3) is 0 Å². The van der Waals surface area contributed by atoms with Gasteiger partial charge in [-0.25, -0.2) is 19.1 Å². The van der Waals surface area contributed by atoms with E-state index in [9.17, 15) is 9.59 Å². The molecule has 0 saturated carbocycles. The molecule has 0 radical (unpaired) electrons.